The molecule has 0 unspecified atom stereocenters. The van der Waals surface area contributed by atoms with E-state index in [0.717, 1.165) is 6.42 Å². The van der Waals surface area contributed by atoms with Crippen molar-refractivity contribution >= 4 is 21.6 Å². The Morgan fingerprint density at radius 3 is 2.58 bits per heavy atom. The van der Waals surface area contributed by atoms with Crippen molar-refractivity contribution in [3.05, 3.63) is 48.4 Å². The molecule has 0 N–H and O–H groups in total. The number of benzene rings is 1. The number of amides is 1. The molecule has 3 rings (SSSR count). The lowest BCUT2D eigenvalue weighted by Gasteiger charge is -2.21. The number of furan rings is 1. The number of nitriles is 1. The molecular weight excluding hydrogens is 354 g/mol. The molecule has 1 fully saturated rings. The number of hydrogen-bond acceptors (Lipinski definition) is 5. The normalized spacial score (nSPS) is 14.8. The van der Waals surface area contributed by atoms with Crippen molar-refractivity contribution in [3.63, 3.8) is 0 Å². The highest BCUT2D eigenvalue weighted by Gasteiger charge is 2.26. The van der Waals surface area contributed by atoms with Crippen molar-refractivity contribution in [2.45, 2.75) is 30.7 Å². The summed E-state index contributed by atoms with van der Waals surface area (Å²) in [6.07, 6.45) is 2.89. The van der Waals surface area contributed by atoms with Crippen LogP contribution >= 0.6 is 0 Å². The second kappa shape index (κ2) is 7.72. The maximum atomic E-state index is 13.0. The molecule has 1 aliphatic rings. The Kier molecular flexibility index (Phi) is 5.40. The van der Waals surface area contributed by atoms with E-state index in [2.05, 4.69) is 0 Å². The van der Waals surface area contributed by atoms with Crippen LogP contribution in [0.15, 0.2) is 52.0 Å². The molecule has 2 heterocycles. The summed E-state index contributed by atoms with van der Waals surface area (Å²) >= 11 is 0. The van der Waals surface area contributed by atoms with Gasteiger partial charge in [0.2, 0.25) is 15.9 Å². The lowest BCUT2D eigenvalue weighted by atomic mass is 10.3. The zero-order chi connectivity index (χ0) is 18.6. The van der Waals surface area contributed by atoms with Crippen LogP contribution in [-0.2, 0) is 21.4 Å². The first-order valence-corrected chi connectivity index (χ1v) is 9.76. The standard InChI is InChI=1S/C18H19N3O4S/c19-10-3-11-20(14-16-4-2-13-25-16)26(23,24)17-8-6-15(7-9-17)21-12-1-5-18(21)22/h2,4,6-9,13H,1,3,5,11-12,14H2. The monoisotopic (exact) mass is 373 g/mol. The maximum Gasteiger partial charge on any atom is 0.243 e. The number of anilines is 1. The topological polar surface area (TPSA) is 94.6 Å². The summed E-state index contributed by atoms with van der Waals surface area (Å²) in [5, 5.41) is 8.83. The highest BCUT2D eigenvalue weighted by molar-refractivity contribution is 7.89. The van der Waals surface area contributed by atoms with Crippen LogP contribution in [0.4, 0.5) is 5.69 Å². The summed E-state index contributed by atoms with van der Waals surface area (Å²) in [7, 11) is -3.78. The van der Waals surface area contributed by atoms with Crippen molar-refractivity contribution in [2.75, 3.05) is 18.0 Å². The summed E-state index contributed by atoms with van der Waals surface area (Å²) in [4.78, 5) is 13.6. The van der Waals surface area contributed by atoms with Crippen molar-refractivity contribution in [1.82, 2.24) is 4.31 Å². The van der Waals surface area contributed by atoms with E-state index in [1.54, 1.807) is 29.2 Å². The van der Waals surface area contributed by atoms with Crippen molar-refractivity contribution in [2.24, 2.45) is 0 Å². The van der Waals surface area contributed by atoms with Crippen LogP contribution in [0.3, 0.4) is 0 Å². The molecule has 0 aliphatic carbocycles. The SMILES string of the molecule is N#CCCN(Cc1ccco1)S(=O)(=O)c1ccc(N2CCCC2=O)cc1. The summed E-state index contributed by atoms with van der Waals surface area (Å²) in [6.45, 7) is 0.785. The van der Waals surface area contributed by atoms with Gasteiger partial charge in [-0.05, 0) is 42.8 Å². The third kappa shape index (κ3) is 3.79. The van der Waals surface area contributed by atoms with E-state index in [-0.39, 0.29) is 30.3 Å². The Balaban J connectivity index is 1.83. The summed E-state index contributed by atoms with van der Waals surface area (Å²) in [6, 6.07) is 11.6. The van der Waals surface area contributed by atoms with Crippen LogP contribution in [0.25, 0.3) is 0 Å². The fourth-order valence-electron chi connectivity index (χ4n) is 2.90. The first-order chi connectivity index (χ1) is 12.5. The Bertz CT molecular complexity index is 899. The van der Waals surface area contributed by atoms with Gasteiger partial charge in [0.15, 0.2) is 0 Å². The smallest absolute Gasteiger partial charge is 0.243 e. The van der Waals surface area contributed by atoms with E-state index in [1.165, 1.54) is 22.7 Å². The van der Waals surface area contributed by atoms with E-state index in [4.69, 9.17) is 9.68 Å². The Morgan fingerprint density at radius 2 is 2.00 bits per heavy atom. The van der Waals surface area contributed by atoms with E-state index in [1.807, 2.05) is 6.07 Å². The minimum absolute atomic E-state index is 0.0501. The summed E-state index contributed by atoms with van der Waals surface area (Å²) < 4.78 is 32.4. The molecule has 1 amide bonds. The molecule has 1 saturated heterocycles. The van der Waals surface area contributed by atoms with E-state index < -0.39 is 10.0 Å². The molecule has 8 heteroatoms. The molecule has 136 valence electrons. The summed E-state index contributed by atoms with van der Waals surface area (Å²) in [5.41, 5.74) is 0.695. The van der Waals surface area contributed by atoms with Gasteiger partial charge in [-0.3, -0.25) is 4.79 Å². The average molecular weight is 373 g/mol. The second-order valence-corrected chi connectivity index (χ2v) is 7.91. The van der Waals surface area contributed by atoms with Crippen LogP contribution in [0.2, 0.25) is 0 Å². The van der Waals surface area contributed by atoms with Gasteiger partial charge >= 0.3 is 0 Å². The van der Waals surface area contributed by atoms with Gasteiger partial charge in [-0.2, -0.15) is 9.57 Å². The Morgan fingerprint density at radius 1 is 1.23 bits per heavy atom. The number of hydrogen-bond donors (Lipinski definition) is 0. The Hall–Kier alpha value is -2.63. The van der Waals surface area contributed by atoms with Crippen molar-refractivity contribution in [3.8, 4) is 6.07 Å². The molecule has 0 saturated carbocycles. The predicted octanol–water partition coefficient (Wildman–Crippen LogP) is 2.51. The predicted molar refractivity (Wildman–Crippen MR) is 94.6 cm³/mol. The first-order valence-electron chi connectivity index (χ1n) is 8.32. The molecule has 0 spiro atoms. The zero-order valence-corrected chi connectivity index (χ0v) is 15.0. The number of carbonyl (C=O) groups excluding carboxylic acids is 1. The summed E-state index contributed by atoms with van der Waals surface area (Å²) in [5.74, 6) is 0.555. The maximum absolute atomic E-state index is 13.0. The zero-order valence-electron chi connectivity index (χ0n) is 14.2. The lowest BCUT2D eigenvalue weighted by molar-refractivity contribution is -0.117. The quantitative estimate of drug-likeness (QED) is 0.743. The highest BCUT2D eigenvalue weighted by atomic mass is 32.2. The number of carbonyl (C=O) groups is 1. The molecule has 2 aromatic rings. The molecule has 7 nitrogen and oxygen atoms in total. The van der Waals surface area contributed by atoms with Gasteiger partial charge in [0.05, 0.1) is 23.8 Å². The third-order valence-corrected chi connectivity index (χ3v) is 6.10. The number of rotatable bonds is 7. The third-order valence-electron chi connectivity index (χ3n) is 4.24. The molecule has 1 aliphatic heterocycles. The van der Waals surface area contributed by atoms with Crippen LogP contribution in [0.5, 0.6) is 0 Å². The fraction of sp³-hybridized carbons (Fsp3) is 0.333. The van der Waals surface area contributed by atoms with E-state index in [9.17, 15) is 13.2 Å². The van der Waals surface area contributed by atoms with Gasteiger partial charge in [0.25, 0.3) is 0 Å². The molecule has 1 aromatic carbocycles. The van der Waals surface area contributed by atoms with E-state index >= 15 is 0 Å². The van der Waals surface area contributed by atoms with Crippen LogP contribution in [-0.4, -0.2) is 31.7 Å². The lowest BCUT2D eigenvalue weighted by Crippen LogP contribution is -2.31. The number of sulfonamides is 1. The van der Waals surface area contributed by atoms with Crippen LogP contribution in [0.1, 0.15) is 25.0 Å². The van der Waals surface area contributed by atoms with Gasteiger partial charge in [-0.25, -0.2) is 8.42 Å². The molecule has 0 atom stereocenters. The number of nitrogens with zero attached hydrogens (tertiary/aromatic N) is 3. The molecule has 1 aromatic heterocycles. The Labute approximate surface area is 152 Å². The first kappa shape index (κ1) is 18.2. The van der Waals surface area contributed by atoms with Crippen molar-refractivity contribution < 1.29 is 17.6 Å². The van der Waals surface area contributed by atoms with Gasteiger partial charge < -0.3 is 9.32 Å². The average Bonchev–Trinajstić information content (AvgIpc) is 3.30. The second-order valence-electron chi connectivity index (χ2n) is 5.97. The van der Waals surface area contributed by atoms with Crippen molar-refractivity contribution in [1.29, 1.82) is 5.26 Å². The molecular formula is C18H19N3O4S. The van der Waals surface area contributed by atoms with Gasteiger partial charge in [0, 0.05) is 31.6 Å². The molecule has 26 heavy (non-hydrogen) atoms. The molecule has 0 bridgehead atoms. The molecule has 0 radical (unpaired) electrons. The van der Waals surface area contributed by atoms with E-state index in [0.29, 0.717) is 24.4 Å². The van der Waals surface area contributed by atoms with Gasteiger partial charge in [-0.15, -0.1) is 0 Å². The highest BCUT2D eigenvalue weighted by Crippen LogP contribution is 2.25. The fourth-order valence-corrected chi connectivity index (χ4v) is 4.31. The minimum atomic E-state index is -3.78. The minimum Gasteiger partial charge on any atom is -0.468 e. The van der Waals surface area contributed by atoms with Gasteiger partial charge in [-0.1, -0.05) is 0 Å². The van der Waals surface area contributed by atoms with Crippen LogP contribution < -0.4 is 4.90 Å². The van der Waals surface area contributed by atoms with Gasteiger partial charge in [0.1, 0.15) is 5.76 Å². The van der Waals surface area contributed by atoms with Crippen LogP contribution in [0, 0.1) is 11.3 Å². The largest absolute Gasteiger partial charge is 0.468 e.